The lowest BCUT2D eigenvalue weighted by Gasteiger charge is -1.96. The molecule has 1 atom stereocenters. The van der Waals surface area contributed by atoms with Gasteiger partial charge in [-0.2, -0.15) is 0 Å². The molecule has 0 saturated heterocycles. The number of hydrogen-bond acceptors (Lipinski definition) is 1. The van der Waals surface area contributed by atoms with Crippen molar-refractivity contribution in [2.24, 2.45) is 5.73 Å². The molecule has 0 radical (unpaired) electrons. The first-order valence-electron chi connectivity index (χ1n) is 4.68. The van der Waals surface area contributed by atoms with Crippen molar-refractivity contribution in [3.63, 3.8) is 0 Å². The van der Waals surface area contributed by atoms with Crippen LogP contribution in [0.2, 0.25) is 0 Å². The molecule has 0 bridgehead atoms. The largest absolute Gasteiger partial charge is 0.328 e. The molecule has 0 rings (SSSR count). The maximum atomic E-state index is 5.40. The number of rotatable bonds is 3. The molecule has 0 spiro atoms. The monoisotopic (exact) mass is 171 g/mol. The third-order valence-corrected chi connectivity index (χ3v) is 0.911. The third kappa shape index (κ3) is 56.8. The fraction of sp³-hybridized carbons (Fsp3) is 0.636. The molecule has 0 fully saturated rings. The van der Waals surface area contributed by atoms with Crippen LogP contribution in [-0.4, -0.2) is 6.04 Å². The van der Waals surface area contributed by atoms with E-state index >= 15 is 0 Å². The second-order valence-corrected chi connectivity index (χ2v) is 2.24. The van der Waals surface area contributed by atoms with Crippen molar-refractivity contribution < 1.29 is 0 Å². The van der Waals surface area contributed by atoms with E-state index in [0.717, 1.165) is 6.42 Å². The highest BCUT2D eigenvalue weighted by molar-refractivity contribution is 4.88. The van der Waals surface area contributed by atoms with Gasteiger partial charge in [0.2, 0.25) is 0 Å². The topological polar surface area (TPSA) is 26.0 Å². The van der Waals surface area contributed by atoms with E-state index < -0.39 is 0 Å². The van der Waals surface area contributed by atoms with Gasteiger partial charge in [-0.15, -0.1) is 0 Å². The molecule has 0 aromatic heterocycles. The van der Waals surface area contributed by atoms with Crippen LogP contribution in [0.4, 0.5) is 0 Å². The van der Waals surface area contributed by atoms with E-state index in [2.05, 4.69) is 20.1 Å². The predicted molar refractivity (Wildman–Crippen MR) is 60.3 cm³/mol. The lowest BCUT2D eigenvalue weighted by molar-refractivity contribution is 0.653. The summed E-state index contributed by atoms with van der Waals surface area (Å²) in [6.45, 7) is 14.9. The van der Waals surface area contributed by atoms with Crippen molar-refractivity contribution >= 4 is 0 Å². The van der Waals surface area contributed by atoms with Crippen LogP contribution >= 0.6 is 0 Å². The second-order valence-electron chi connectivity index (χ2n) is 2.24. The van der Waals surface area contributed by atoms with E-state index in [9.17, 15) is 0 Å². The third-order valence-electron chi connectivity index (χ3n) is 0.911. The Morgan fingerprint density at radius 3 is 1.58 bits per heavy atom. The average Bonchev–Trinajstić information content (AvgIpc) is 2.08. The molecule has 2 N–H and O–H groups in total. The fourth-order valence-electron chi connectivity index (χ4n) is 0.455. The molecule has 1 nitrogen and oxygen atoms in total. The molecule has 0 heterocycles. The summed E-state index contributed by atoms with van der Waals surface area (Å²) in [5.41, 5.74) is 5.40. The second kappa shape index (κ2) is 22.4. The standard InChI is InChI=1S/C5H13N.C4H6.C2H6/c1-3-4-5(2)6;1-3-4-2;1-2/h5H,3-4,6H2,1-2H3;3-4H,1-2H2;1-2H3. The summed E-state index contributed by atoms with van der Waals surface area (Å²) in [7, 11) is 0. The van der Waals surface area contributed by atoms with Gasteiger partial charge in [0.15, 0.2) is 0 Å². The SMILES string of the molecule is C=CC=C.CC.CCCC(C)N. The first kappa shape index (κ1) is 17.5. The van der Waals surface area contributed by atoms with Crippen LogP contribution in [0.5, 0.6) is 0 Å². The van der Waals surface area contributed by atoms with E-state index in [4.69, 9.17) is 5.73 Å². The Morgan fingerprint density at radius 2 is 1.58 bits per heavy atom. The molecule has 0 aromatic carbocycles. The Hall–Kier alpha value is -0.560. The van der Waals surface area contributed by atoms with Gasteiger partial charge in [0.1, 0.15) is 0 Å². The van der Waals surface area contributed by atoms with Gasteiger partial charge >= 0.3 is 0 Å². The average molecular weight is 171 g/mol. The molecule has 1 unspecified atom stereocenters. The fourth-order valence-corrected chi connectivity index (χ4v) is 0.455. The van der Waals surface area contributed by atoms with Gasteiger partial charge in [0, 0.05) is 6.04 Å². The molecule has 74 valence electrons. The molecular weight excluding hydrogens is 146 g/mol. The minimum atomic E-state index is 0.398. The minimum Gasteiger partial charge on any atom is -0.328 e. The first-order chi connectivity index (χ1) is 5.68. The number of nitrogens with two attached hydrogens (primary N) is 1. The van der Waals surface area contributed by atoms with Crippen LogP contribution in [0, 0.1) is 0 Å². The number of hydrogen-bond donors (Lipinski definition) is 1. The molecule has 0 amide bonds. The van der Waals surface area contributed by atoms with Crippen LogP contribution < -0.4 is 5.73 Å². The first-order valence-corrected chi connectivity index (χ1v) is 4.68. The van der Waals surface area contributed by atoms with Crippen molar-refractivity contribution in [3.8, 4) is 0 Å². The summed E-state index contributed by atoms with van der Waals surface area (Å²) in [5, 5.41) is 0. The summed E-state index contributed by atoms with van der Waals surface area (Å²) in [6, 6.07) is 0.398. The maximum absolute atomic E-state index is 5.40. The van der Waals surface area contributed by atoms with Crippen LogP contribution in [0.1, 0.15) is 40.5 Å². The van der Waals surface area contributed by atoms with E-state index in [1.807, 2.05) is 20.8 Å². The van der Waals surface area contributed by atoms with Crippen molar-refractivity contribution in [2.45, 2.75) is 46.6 Å². The van der Waals surface area contributed by atoms with E-state index in [-0.39, 0.29) is 0 Å². The van der Waals surface area contributed by atoms with Gasteiger partial charge in [-0.1, -0.05) is 52.5 Å². The Kier molecular flexibility index (Phi) is 32.7. The van der Waals surface area contributed by atoms with Crippen LogP contribution in [0.15, 0.2) is 25.3 Å². The summed E-state index contributed by atoms with van der Waals surface area (Å²) in [4.78, 5) is 0. The van der Waals surface area contributed by atoms with Crippen LogP contribution in [0.3, 0.4) is 0 Å². The van der Waals surface area contributed by atoms with Gasteiger partial charge < -0.3 is 5.73 Å². The molecule has 0 aromatic rings. The summed E-state index contributed by atoms with van der Waals surface area (Å²) in [6.07, 6.45) is 5.64. The molecule has 0 aliphatic rings. The van der Waals surface area contributed by atoms with E-state index in [1.165, 1.54) is 6.42 Å². The Labute approximate surface area is 78.4 Å². The van der Waals surface area contributed by atoms with Crippen LogP contribution in [-0.2, 0) is 0 Å². The zero-order chi connectivity index (χ0) is 10.4. The lowest BCUT2D eigenvalue weighted by atomic mass is 10.2. The highest BCUT2D eigenvalue weighted by Crippen LogP contribution is 1.88. The van der Waals surface area contributed by atoms with Crippen LogP contribution in [0.25, 0.3) is 0 Å². The molecule has 0 aliphatic heterocycles. The zero-order valence-electron chi connectivity index (χ0n) is 9.14. The molecule has 0 saturated carbocycles. The quantitative estimate of drug-likeness (QED) is 0.646. The summed E-state index contributed by atoms with van der Waals surface area (Å²) < 4.78 is 0. The molecular formula is C11H25N. The smallest absolute Gasteiger partial charge is 0.00103 e. The molecule has 1 heteroatoms. The van der Waals surface area contributed by atoms with Crippen molar-refractivity contribution in [1.82, 2.24) is 0 Å². The Morgan fingerprint density at radius 1 is 1.25 bits per heavy atom. The van der Waals surface area contributed by atoms with Gasteiger partial charge in [0.05, 0.1) is 0 Å². The van der Waals surface area contributed by atoms with Crippen molar-refractivity contribution in [1.29, 1.82) is 0 Å². The summed E-state index contributed by atoms with van der Waals surface area (Å²) >= 11 is 0. The van der Waals surface area contributed by atoms with E-state index in [0.29, 0.717) is 6.04 Å². The van der Waals surface area contributed by atoms with E-state index in [1.54, 1.807) is 12.2 Å². The minimum absolute atomic E-state index is 0.398. The Bertz CT molecular complexity index is 69.1. The Balaban J connectivity index is -0.000000118. The normalized spacial score (nSPS) is 9.42. The highest BCUT2D eigenvalue weighted by Gasteiger charge is 1.85. The van der Waals surface area contributed by atoms with Gasteiger partial charge in [-0.05, 0) is 13.3 Å². The zero-order valence-corrected chi connectivity index (χ0v) is 9.14. The maximum Gasteiger partial charge on any atom is 0.00103 e. The van der Waals surface area contributed by atoms with Gasteiger partial charge in [0.25, 0.3) is 0 Å². The number of allylic oxidation sites excluding steroid dienone is 2. The lowest BCUT2D eigenvalue weighted by Crippen LogP contribution is -2.13. The predicted octanol–water partition coefficient (Wildman–Crippen LogP) is 3.52. The van der Waals surface area contributed by atoms with Crippen molar-refractivity contribution in [3.05, 3.63) is 25.3 Å². The van der Waals surface area contributed by atoms with Crippen molar-refractivity contribution in [2.75, 3.05) is 0 Å². The molecule has 0 aliphatic carbocycles. The van der Waals surface area contributed by atoms with Gasteiger partial charge in [-0.3, -0.25) is 0 Å². The highest BCUT2D eigenvalue weighted by atomic mass is 14.6. The summed E-state index contributed by atoms with van der Waals surface area (Å²) in [5.74, 6) is 0. The van der Waals surface area contributed by atoms with Gasteiger partial charge in [-0.25, -0.2) is 0 Å². The molecule has 12 heavy (non-hydrogen) atoms.